The van der Waals surface area contributed by atoms with Crippen LogP contribution in [0.5, 0.6) is 5.75 Å². The van der Waals surface area contributed by atoms with Crippen LogP contribution in [0.4, 0.5) is 5.13 Å². The van der Waals surface area contributed by atoms with E-state index in [0.29, 0.717) is 51.9 Å². The summed E-state index contributed by atoms with van der Waals surface area (Å²) in [5, 5.41) is 0.830. The van der Waals surface area contributed by atoms with Gasteiger partial charge in [0.15, 0.2) is 0 Å². The van der Waals surface area contributed by atoms with Crippen LogP contribution in [-0.4, -0.2) is 65.5 Å². The molecule has 1 aromatic heterocycles. The summed E-state index contributed by atoms with van der Waals surface area (Å²) in [5.74, 6) is 1.46. The topological polar surface area (TPSA) is 84.9 Å². The Bertz CT molecular complexity index is 925. The molecular weight excluding hydrogens is 440 g/mol. The number of methoxy groups -OCH3 is 1. The Morgan fingerprint density at radius 1 is 1.27 bits per heavy atom. The van der Waals surface area contributed by atoms with E-state index in [1.807, 2.05) is 36.1 Å². The van der Waals surface area contributed by atoms with E-state index in [-0.39, 0.29) is 23.8 Å². The van der Waals surface area contributed by atoms with Crippen LogP contribution in [0.25, 0.3) is 0 Å². The number of ether oxygens (including phenoxy) is 2. The molecule has 0 N–H and O–H groups in total. The van der Waals surface area contributed by atoms with Crippen molar-refractivity contribution >= 4 is 28.5 Å². The number of hydrogen-bond donors (Lipinski definition) is 0. The Morgan fingerprint density at radius 2 is 2.03 bits per heavy atom. The number of carbonyl (C=O) groups excluding carboxylic acids is 2. The van der Waals surface area contributed by atoms with Crippen molar-refractivity contribution in [2.75, 3.05) is 38.3 Å². The number of piperidine rings is 1. The molecule has 0 bridgehead atoms. The molecule has 0 radical (unpaired) electrons. The van der Waals surface area contributed by atoms with Gasteiger partial charge in [-0.2, -0.15) is 4.37 Å². The molecular formula is C24H34N4O4S. The number of anilines is 1. The molecule has 1 saturated heterocycles. The van der Waals surface area contributed by atoms with Gasteiger partial charge in [-0.15, -0.1) is 0 Å². The van der Waals surface area contributed by atoms with Crippen molar-refractivity contribution in [1.82, 2.24) is 14.3 Å². The lowest BCUT2D eigenvalue weighted by molar-refractivity contribution is -0.151. The lowest BCUT2D eigenvalue weighted by Gasteiger charge is -2.32. The average molecular weight is 475 g/mol. The van der Waals surface area contributed by atoms with Gasteiger partial charge in [-0.25, -0.2) is 4.98 Å². The molecule has 180 valence electrons. The van der Waals surface area contributed by atoms with E-state index in [1.165, 1.54) is 11.5 Å². The lowest BCUT2D eigenvalue weighted by atomic mass is 9.97. The smallest absolute Gasteiger partial charge is 0.309 e. The minimum atomic E-state index is -0.142. The summed E-state index contributed by atoms with van der Waals surface area (Å²) in [6, 6.07) is 8.10. The van der Waals surface area contributed by atoms with Crippen LogP contribution in [0.15, 0.2) is 24.3 Å². The zero-order valence-corrected chi connectivity index (χ0v) is 20.8. The monoisotopic (exact) mass is 474 g/mol. The van der Waals surface area contributed by atoms with Gasteiger partial charge >= 0.3 is 5.97 Å². The third kappa shape index (κ3) is 6.90. The fourth-order valence-electron chi connectivity index (χ4n) is 3.97. The Kier molecular flexibility index (Phi) is 9.05. The minimum absolute atomic E-state index is 0.0921. The van der Waals surface area contributed by atoms with E-state index >= 15 is 0 Å². The predicted molar refractivity (Wildman–Crippen MR) is 129 cm³/mol. The molecule has 9 heteroatoms. The van der Waals surface area contributed by atoms with E-state index < -0.39 is 0 Å². The van der Waals surface area contributed by atoms with Crippen molar-refractivity contribution in [2.24, 2.45) is 5.92 Å². The molecule has 33 heavy (non-hydrogen) atoms. The average Bonchev–Trinajstić information content (AvgIpc) is 3.27. The lowest BCUT2D eigenvalue weighted by Crippen LogP contribution is -2.42. The largest absolute Gasteiger partial charge is 0.497 e. The van der Waals surface area contributed by atoms with Gasteiger partial charge in [0, 0.05) is 50.1 Å². The van der Waals surface area contributed by atoms with Crippen molar-refractivity contribution in [1.29, 1.82) is 0 Å². The molecule has 1 amide bonds. The first kappa shape index (κ1) is 25.0. The SMILES string of the molecule is CCOC(=O)C1CCN(C(=O)CCN(c2nc(Cc3cccc(OC)c3)ns2)C(C)C)CC1. The van der Waals surface area contributed by atoms with Crippen LogP contribution in [0.3, 0.4) is 0 Å². The van der Waals surface area contributed by atoms with E-state index in [4.69, 9.17) is 14.5 Å². The van der Waals surface area contributed by atoms with Gasteiger partial charge in [0.25, 0.3) is 0 Å². The van der Waals surface area contributed by atoms with Gasteiger partial charge in [0.2, 0.25) is 11.0 Å². The predicted octanol–water partition coefficient (Wildman–Crippen LogP) is 3.54. The van der Waals surface area contributed by atoms with E-state index in [2.05, 4.69) is 23.1 Å². The minimum Gasteiger partial charge on any atom is -0.497 e. The molecule has 2 heterocycles. The third-order valence-corrected chi connectivity index (χ3v) is 6.65. The Balaban J connectivity index is 1.54. The third-order valence-electron chi connectivity index (χ3n) is 5.86. The number of nitrogens with zero attached hydrogens (tertiary/aromatic N) is 4. The van der Waals surface area contributed by atoms with Crippen molar-refractivity contribution in [3.05, 3.63) is 35.7 Å². The molecule has 1 fully saturated rings. The summed E-state index contributed by atoms with van der Waals surface area (Å²) < 4.78 is 14.9. The summed E-state index contributed by atoms with van der Waals surface area (Å²) in [6.07, 6.45) is 2.38. The van der Waals surface area contributed by atoms with Crippen molar-refractivity contribution in [3.63, 3.8) is 0 Å². The second kappa shape index (κ2) is 12.0. The molecule has 1 aromatic carbocycles. The Morgan fingerprint density at radius 3 is 2.70 bits per heavy atom. The summed E-state index contributed by atoms with van der Waals surface area (Å²) >= 11 is 1.37. The van der Waals surface area contributed by atoms with Gasteiger partial charge in [0.05, 0.1) is 19.6 Å². The molecule has 0 unspecified atom stereocenters. The van der Waals surface area contributed by atoms with Crippen molar-refractivity contribution in [2.45, 2.75) is 52.5 Å². The Labute approximate surface area is 200 Å². The standard InChI is InChI=1S/C24H34N4O4S/c1-5-32-23(30)19-9-12-27(13-10-19)22(29)11-14-28(17(2)3)24-25-21(26-33-24)16-18-7-6-8-20(15-18)31-4/h6-8,15,17,19H,5,9-14,16H2,1-4H3. The number of carbonyl (C=O) groups is 2. The van der Waals surface area contributed by atoms with E-state index in [9.17, 15) is 9.59 Å². The molecule has 1 aliphatic heterocycles. The summed E-state index contributed by atoms with van der Waals surface area (Å²) in [5.41, 5.74) is 1.09. The maximum Gasteiger partial charge on any atom is 0.309 e. The number of benzene rings is 1. The molecule has 3 rings (SSSR count). The first-order valence-electron chi connectivity index (χ1n) is 11.6. The zero-order valence-electron chi connectivity index (χ0n) is 20.0. The highest BCUT2D eigenvalue weighted by atomic mass is 32.1. The second-order valence-electron chi connectivity index (χ2n) is 8.47. The maximum atomic E-state index is 12.8. The van der Waals surface area contributed by atoms with Crippen LogP contribution in [0.1, 0.15) is 51.4 Å². The summed E-state index contributed by atoms with van der Waals surface area (Å²) in [4.78, 5) is 33.5. The van der Waals surface area contributed by atoms with Crippen molar-refractivity contribution < 1.29 is 19.1 Å². The molecule has 1 aliphatic rings. The number of esters is 1. The van der Waals surface area contributed by atoms with E-state index in [1.54, 1.807) is 7.11 Å². The molecule has 2 aromatic rings. The second-order valence-corrected chi connectivity index (χ2v) is 9.20. The van der Waals surface area contributed by atoms with Crippen LogP contribution in [0.2, 0.25) is 0 Å². The summed E-state index contributed by atoms with van der Waals surface area (Å²) in [6.45, 7) is 8.20. The maximum absolute atomic E-state index is 12.8. The van der Waals surface area contributed by atoms with Crippen LogP contribution in [0, 0.1) is 5.92 Å². The number of rotatable bonds is 10. The molecule has 0 spiro atoms. The fourth-order valence-corrected chi connectivity index (χ4v) is 4.82. The Hall–Kier alpha value is -2.68. The summed E-state index contributed by atoms with van der Waals surface area (Å²) in [7, 11) is 1.66. The van der Waals surface area contributed by atoms with Crippen LogP contribution < -0.4 is 9.64 Å². The van der Waals surface area contributed by atoms with Gasteiger partial charge < -0.3 is 19.3 Å². The van der Waals surface area contributed by atoms with Crippen LogP contribution >= 0.6 is 11.5 Å². The van der Waals surface area contributed by atoms with E-state index in [0.717, 1.165) is 22.3 Å². The zero-order chi connectivity index (χ0) is 23.8. The van der Waals surface area contributed by atoms with Gasteiger partial charge in [0.1, 0.15) is 11.6 Å². The highest BCUT2D eigenvalue weighted by Gasteiger charge is 2.28. The van der Waals surface area contributed by atoms with Gasteiger partial charge in [-0.3, -0.25) is 9.59 Å². The first-order valence-corrected chi connectivity index (χ1v) is 12.3. The van der Waals surface area contributed by atoms with Crippen LogP contribution in [-0.2, 0) is 20.7 Å². The van der Waals surface area contributed by atoms with Gasteiger partial charge in [-0.1, -0.05) is 12.1 Å². The highest BCUT2D eigenvalue weighted by molar-refractivity contribution is 7.09. The quantitative estimate of drug-likeness (QED) is 0.487. The van der Waals surface area contributed by atoms with Gasteiger partial charge in [-0.05, 0) is 51.3 Å². The van der Waals surface area contributed by atoms with Crippen molar-refractivity contribution in [3.8, 4) is 5.75 Å². The number of likely N-dealkylation sites (tertiary alicyclic amines) is 1. The molecule has 0 saturated carbocycles. The molecule has 0 aliphatic carbocycles. The molecule has 0 atom stereocenters. The number of amides is 1. The first-order chi connectivity index (χ1) is 15.9. The fraction of sp³-hybridized carbons (Fsp3) is 0.583. The number of aromatic nitrogens is 2. The number of hydrogen-bond acceptors (Lipinski definition) is 8. The normalized spacial score (nSPS) is 14.4. The molecule has 8 nitrogen and oxygen atoms in total. The highest BCUT2D eigenvalue weighted by Crippen LogP contribution is 2.24.